The number of carbonyl (C=O) groups is 2. The van der Waals surface area contributed by atoms with Crippen LogP contribution in [0.4, 0.5) is 0 Å². The number of ether oxygens (including phenoxy) is 1. The molecule has 0 fully saturated rings. The van der Waals surface area contributed by atoms with Crippen LogP contribution in [0.25, 0.3) is 0 Å². The maximum atomic E-state index is 9.81. The van der Waals surface area contributed by atoms with Crippen molar-refractivity contribution in [3.05, 3.63) is 0 Å². The fourth-order valence-corrected chi connectivity index (χ4v) is 0.202. The van der Waals surface area contributed by atoms with Gasteiger partial charge < -0.3 is 25.0 Å². The van der Waals surface area contributed by atoms with Crippen LogP contribution in [0.15, 0.2) is 0 Å². The molecule has 0 spiro atoms. The summed E-state index contributed by atoms with van der Waals surface area (Å²) in [6.45, 7) is 6.18. The molecule has 0 aromatic carbocycles. The summed E-state index contributed by atoms with van der Waals surface area (Å²) in [6.07, 6.45) is 0. The van der Waals surface area contributed by atoms with Crippen LogP contribution < -0.4 is 10.5 Å². The minimum atomic E-state index is -0.562. The molecular weight excluding hydrogens is 273 g/mol. The molecule has 0 aliphatic heterocycles. The van der Waals surface area contributed by atoms with Crippen LogP contribution in [-0.4, -0.2) is 69.9 Å². The van der Waals surface area contributed by atoms with Gasteiger partial charge in [0.1, 0.15) is 0 Å². The molecule has 0 N–H and O–H groups in total. The topological polar surface area (TPSA) is 125 Å². The van der Waals surface area contributed by atoms with E-state index >= 15 is 0 Å². The second-order valence-electron chi connectivity index (χ2n) is 1.90. The standard InChI is InChI=1S/C4H6O3.2C2H6O2.2Mg.O/c1-3(5)7-4(2)6;2*1-2-4-3;;;/h1-2H3;2*3H,2H2,1H3;;;/q;;;;+2;/p-2. The zero-order chi connectivity index (χ0) is 14.7. The molecule has 0 saturated heterocycles. The quantitative estimate of drug-likeness (QED) is 0.184. The summed E-state index contributed by atoms with van der Waals surface area (Å²) >= 11 is 0.611. The van der Waals surface area contributed by atoms with Gasteiger partial charge in [0.15, 0.2) is 0 Å². The molecular formula is C8H16Mg2O8. The van der Waals surface area contributed by atoms with Gasteiger partial charge in [-0.25, -0.2) is 0 Å². The van der Waals surface area contributed by atoms with Crippen molar-refractivity contribution in [2.75, 3.05) is 13.2 Å². The number of carbonyl (C=O) groups excluding carboxylic acids is 2. The van der Waals surface area contributed by atoms with Crippen molar-refractivity contribution in [2.45, 2.75) is 27.7 Å². The average molecular weight is 289 g/mol. The molecule has 0 amide bonds. The predicted octanol–water partition coefficient (Wildman–Crippen LogP) is -2.19. The molecule has 0 unspecified atom stereocenters. The molecule has 0 bridgehead atoms. The Bertz CT molecular complexity index is 147. The monoisotopic (exact) mass is 288 g/mol. The number of hydrogen-bond donors (Lipinski definition) is 0. The Morgan fingerprint density at radius 1 is 0.944 bits per heavy atom. The van der Waals surface area contributed by atoms with Gasteiger partial charge in [-0.1, -0.05) is 0 Å². The van der Waals surface area contributed by atoms with Gasteiger partial charge in [0.2, 0.25) is 0 Å². The summed E-state index contributed by atoms with van der Waals surface area (Å²) in [6, 6.07) is 0. The maximum absolute atomic E-state index is 9.81. The SMILES string of the molecule is CC(=O)OC(C)=O.CCO[O-].CCO[O-].[Mg+2].[O]=[Mg]. The van der Waals surface area contributed by atoms with E-state index in [0.717, 1.165) is 0 Å². The summed E-state index contributed by atoms with van der Waals surface area (Å²) in [4.78, 5) is 26.2. The Morgan fingerprint density at radius 2 is 1.11 bits per heavy atom. The van der Waals surface area contributed by atoms with E-state index in [4.69, 9.17) is 13.7 Å². The molecule has 0 saturated carbocycles. The summed E-state index contributed by atoms with van der Waals surface area (Å²) in [5.74, 6) is -1.12. The van der Waals surface area contributed by atoms with E-state index in [2.05, 4.69) is 14.5 Å². The average Bonchev–Trinajstić information content (AvgIpc) is 2.30. The molecule has 0 aliphatic carbocycles. The molecule has 0 aromatic rings. The zero-order valence-electron chi connectivity index (χ0n) is 11.1. The van der Waals surface area contributed by atoms with E-state index in [0.29, 0.717) is 21.7 Å². The van der Waals surface area contributed by atoms with E-state index < -0.39 is 11.9 Å². The van der Waals surface area contributed by atoms with Crippen molar-refractivity contribution in [3.63, 3.8) is 0 Å². The number of hydrogen-bond acceptors (Lipinski definition) is 8. The molecule has 0 aliphatic rings. The Kier molecular flexibility index (Phi) is 61.9. The Hall–Kier alpha value is 0.312. The van der Waals surface area contributed by atoms with Crippen LogP contribution in [0.5, 0.6) is 0 Å². The number of esters is 2. The third kappa shape index (κ3) is 96.0. The fraction of sp³-hybridized carbons (Fsp3) is 0.750. The molecule has 0 aromatic heterocycles. The van der Waals surface area contributed by atoms with Crippen LogP contribution in [0.1, 0.15) is 27.7 Å². The van der Waals surface area contributed by atoms with E-state index in [1.807, 2.05) is 0 Å². The van der Waals surface area contributed by atoms with Crippen LogP contribution >= 0.6 is 0 Å². The first-order valence-electron chi connectivity index (χ1n) is 4.43. The van der Waals surface area contributed by atoms with Gasteiger partial charge in [0.25, 0.3) is 0 Å². The van der Waals surface area contributed by atoms with Crippen LogP contribution in [0.2, 0.25) is 0 Å². The molecule has 10 heteroatoms. The third-order valence-corrected chi connectivity index (χ3v) is 0.523. The number of rotatable bonds is 2. The van der Waals surface area contributed by atoms with Gasteiger partial charge in [0.05, 0.1) is 0 Å². The molecule has 0 radical (unpaired) electrons. The summed E-state index contributed by atoms with van der Waals surface area (Å²) in [5, 5.41) is 17.6. The molecule has 18 heavy (non-hydrogen) atoms. The van der Waals surface area contributed by atoms with Crippen molar-refractivity contribution >= 4 is 56.7 Å². The molecule has 8 nitrogen and oxygen atoms in total. The normalized spacial score (nSPS) is 6.67. The van der Waals surface area contributed by atoms with Gasteiger partial charge in [-0.15, -0.1) is 0 Å². The second-order valence-corrected chi connectivity index (χ2v) is 1.90. The summed E-state index contributed by atoms with van der Waals surface area (Å²) in [5.41, 5.74) is 0. The zero-order valence-corrected chi connectivity index (χ0v) is 13.9. The van der Waals surface area contributed by atoms with Crippen molar-refractivity contribution in [1.29, 1.82) is 0 Å². The van der Waals surface area contributed by atoms with Crippen molar-refractivity contribution in [3.8, 4) is 0 Å². The first kappa shape index (κ1) is 31.0. The molecule has 0 atom stereocenters. The van der Waals surface area contributed by atoms with E-state index in [-0.39, 0.29) is 36.3 Å². The van der Waals surface area contributed by atoms with Crippen LogP contribution in [0, 0.1) is 0 Å². The predicted molar refractivity (Wildman–Crippen MR) is 57.9 cm³/mol. The Balaban J connectivity index is -0.0000000449. The van der Waals surface area contributed by atoms with Crippen molar-refractivity contribution in [2.24, 2.45) is 0 Å². The van der Waals surface area contributed by atoms with Gasteiger partial charge in [0, 0.05) is 27.1 Å². The van der Waals surface area contributed by atoms with Gasteiger partial charge in [-0.2, -0.15) is 0 Å². The van der Waals surface area contributed by atoms with E-state index in [1.54, 1.807) is 13.8 Å². The summed E-state index contributed by atoms with van der Waals surface area (Å²) < 4.78 is 12.2. The van der Waals surface area contributed by atoms with Gasteiger partial charge in [-0.05, 0) is 13.8 Å². The Labute approximate surface area is 135 Å². The third-order valence-electron chi connectivity index (χ3n) is 0.523. The fourth-order valence-electron chi connectivity index (χ4n) is 0.202. The molecule has 0 rings (SSSR count). The van der Waals surface area contributed by atoms with Crippen LogP contribution in [-0.2, 0) is 27.3 Å². The first-order valence-corrected chi connectivity index (χ1v) is 5.01. The van der Waals surface area contributed by atoms with Crippen LogP contribution in [0.3, 0.4) is 0 Å². The van der Waals surface area contributed by atoms with Crippen molar-refractivity contribution < 1.29 is 37.8 Å². The minimum absolute atomic E-state index is 0. The second kappa shape index (κ2) is 36.0. The first-order chi connectivity index (χ1) is 7.95. The van der Waals surface area contributed by atoms with Gasteiger partial charge >= 0.3 is 59.9 Å². The van der Waals surface area contributed by atoms with E-state index in [9.17, 15) is 9.59 Å². The summed E-state index contributed by atoms with van der Waals surface area (Å²) in [7, 11) is 0. The van der Waals surface area contributed by atoms with E-state index in [1.165, 1.54) is 13.8 Å². The Morgan fingerprint density at radius 3 is 1.11 bits per heavy atom. The molecule has 0 heterocycles. The van der Waals surface area contributed by atoms with Crippen molar-refractivity contribution in [1.82, 2.24) is 0 Å². The molecule has 100 valence electrons. The van der Waals surface area contributed by atoms with Gasteiger partial charge in [-0.3, -0.25) is 9.59 Å².